The van der Waals surface area contributed by atoms with Gasteiger partial charge < -0.3 is 14.7 Å². The first kappa shape index (κ1) is 41.8. The Kier molecular flexibility index (Phi) is 16.7. The van der Waals surface area contributed by atoms with E-state index in [2.05, 4.69) is 53.5 Å². The van der Waals surface area contributed by atoms with Gasteiger partial charge in [-0.25, -0.2) is 4.39 Å². The highest BCUT2D eigenvalue weighted by atomic mass is 35.5. The molecular formula is C37H54Cl3FN4O3. The average Bonchev–Trinajstić information content (AvgIpc) is 3.64. The lowest BCUT2D eigenvalue weighted by Gasteiger charge is -2.35. The predicted octanol–water partition coefficient (Wildman–Crippen LogP) is 8.08. The van der Waals surface area contributed by atoms with Crippen LogP contribution in [0.2, 0.25) is 0 Å². The molecule has 1 saturated carbocycles. The summed E-state index contributed by atoms with van der Waals surface area (Å²) in [6.45, 7) is 10.2. The van der Waals surface area contributed by atoms with Crippen molar-refractivity contribution >= 4 is 43.2 Å². The third-order valence-corrected chi connectivity index (χ3v) is 10.2. The minimum Gasteiger partial charge on any atom is -0.497 e. The van der Waals surface area contributed by atoms with Gasteiger partial charge in [-0.1, -0.05) is 38.1 Å². The molecule has 2 aliphatic rings. The number of likely N-dealkylation sites (N-methyl/N-ethyl adjacent to an activating group) is 1. The van der Waals surface area contributed by atoms with Crippen LogP contribution in [0.1, 0.15) is 87.2 Å². The number of likely N-dealkylation sites (tertiary alicyclic amines) is 1. The van der Waals surface area contributed by atoms with Gasteiger partial charge in [0.25, 0.3) is 0 Å². The number of carboxylic acids is 1. The third-order valence-electron chi connectivity index (χ3n) is 10.2. The predicted molar refractivity (Wildman–Crippen MR) is 198 cm³/mol. The molecule has 3 unspecified atom stereocenters. The summed E-state index contributed by atoms with van der Waals surface area (Å²) in [5, 5.41) is 15.0. The van der Waals surface area contributed by atoms with E-state index < -0.39 is 12.0 Å². The maximum atomic E-state index is 14.3. The maximum Gasteiger partial charge on any atom is 0.320 e. The molecule has 2 aromatic carbocycles. The van der Waals surface area contributed by atoms with Crippen LogP contribution in [0.4, 0.5) is 4.39 Å². The summed E-state index contributed by atoms with van der Waals surface area (Å²) in [7, 11) is 3.66. The lowest BCUT2D eigenvalue weighted by molar-refractivity contribution is -0.144. The van der Waals surface area contributed by atoms with Crippen LogP contribution in [0.25, 0.3) is 0 Å². The van der Waals surface area contributed by atoms with Gasteiger partial charge in [-0.05, 0) is 118 Å². The van der Waals surface area contributed by atoms with Crippen molar-refractivity contribution in [1.29, 1.82) is 0 Å². The first-order chi connectivity index (χ1) is 21.6. The Balaban J connectivity index is 0.00000267. The zero-order valence-corrected chi connectivity index (χ0v) is 31.3. The molecule has 0 bridgehead atoms. The Morgan fingerprint density at radius 1 is 1.06 bits per heavy atom. The Morgan fingerprint density at radius 2 is 1.75 bits per heavy atom. The molecule has 4 atom stereocenters. The van der Waals surface area contributed by atoms with Gasteiger partial charge in [0.1, 0.15) is 17.6 Å². The number of methoxy groups -OCH3 is 1. The zero-order chi connectivity index (χ0) is 32.1. The van der Waals surface area contributed by atoms with Crippen molar-refractivity contribution in [2.24, 2.45) is 11.8 Å². The van der Waals surface area contributed by atoms with E-state index in [1.54, 1.807) is 13.2 Å². The zero-order valence-electron chi connectivity index (χ0n) is 28.9. The van der Waals surface area contributed by atoms with Crippen LogP contribution in [0.5, 0.6) is 5.75 Å². The first-order valence-electron chi connectivity index (χ1n) is 16.8. The number of ether oxygens (including phenoxy) is 1. The fourth-order valence-electron chi connectivity index (χ4n) is 7.77. The quantitative estimate of drug-likeness (QED) is 0.192. The number of aryl methyl sites for hydroxylation is 1. The van der Waals surface area contributed by atoms with Crippen LogP contribution in [0, 0.1) is 17.7 Å². The molecule has 1 aromatic heterocycles. The molecule has 1 aliphatic carbocycles. The highest BCUT2D eigenvalue weighted by molar-refractivity contribution is 5.86. The van der Waals surface area contributed by atoms with E-state index in [0.29, 0.717) is 24.2 Å². The van der Waals surface area contributed by atoms with Crippen molar-refractivity contribution in [3.8, 4) is 5.75 Å². The lowest BCUT2D eigenvalue weighted by atomic mass is 9.87. The van der Waals surface area contributed by atoms with Crippen molar-refractivity contribution in [2.75, 3.05) is 33.8 Å². The fourth-order valence-corrected chi connectivity index (χ4v) is 7.77. The molecule has 3 aromatic rings. The molecule has 0 spiro atoms. The van der Waals surface area contributed by atoms with Crippen LogP contribution in [-0.2, 0) is 17.8 Å². The molecule has 11 heteroatoms. The molecule has 1 aliphatic heterocycles. The van der Waals surface area contributed by atoms with Crippen molar-refractivity contribution in [3.63, 3.8) is 0 Å². The molecule has 0 radical (unpaired) electrons. The summed E-state index contributed by atoms with van der Waals surface area (Å²) in [6, 6.07) is 17.2. The van der Waals surface area contributed by atoms with Gasteiger partial charge in [0.05, 0.1) is 12.8 Å². The highest BCUT2D eigenvalue weighted by Gasteiger charge is 2.41. The largest absolute Gasteiger partial charge is 0.497 e. The van der Waals surface area contributed by atoms with E-state index in [1.165, 1.54) is 17.3 Å². The van der Waals surface area contributed by atoms with Crippen LogP contribution >= 0.6 is 37.2 Å². The molecule has 7 nitrogen and oxygen atoms in total. The molecule has 1 saturated heterocycles. The van der Waals surface area contributed by atoms with E-state index in [9.17, 15) is 14.3 Å². The minimum atomic E-state index is -0.752. The average molecular weight is 728 g/mol. The fraction of sp³-hybridized carbons (Fsp3) is 0.568. The van der Waals surface area contributed by atoms with Crippen LogP contribution in [0.15, 0.2) is 54.6 Å². The molecule has 268 valence electrons. The van der Waals surface area contributed by atoms with Crippen molar-refractivity contribution in [3.05, 3.63) is 82.9 Å². The standard InChI is InChI=1S/C37H51FN4O3.3ClH/c1-6-42-35(22-31(39-42)19-26-10-12-33(45-5)13-11-26)27-14-16-41(17-15-27)24-29-21-32(40(4)36(37(43)44)18-25(2)3)23-34(29)28-8-7-9-30(38)20-28;;;/h7-13,20,22,25,27,29,32,34,36H,6,14-19,21,23-24H2,1-5H3,(H,43,44);3*1H/t29?,32?,34?,36-;;;/m1.../s1. The second-order valence-corrected chi connectivity index (χ2v) is 13.7. The lowest BCUT2D eigenvalue weighted by Crippen LogP contribution is -2.45. The number of aliphatic carboxylic acids is 1. The van der Waals surface area contributed by atoms with Crippen molar-refractivity contribution in [2.45, 2.75) is 89.8 Å². The highest BCUT2D eigenvalue weighted by Crippen LogP contribution is 2.43. The SMILES string of the molecule is CCn1nc(Cc2ccc(OC)cc2)cc1C1CCN(CC2CC(N(C)[C@H](CC(C)C)C(=O)O)CC2c2cccc(F)c2)CC1.Cl.Cl.Cl. The monoisotopic (exact) mass is 726 g/mol. The number of piperidine rings is 1. The Morgan fingerprint density at radius 3 is 2.33 bits per heavy atom. The first-order valence-corrected chi connectivity index (χ1v) is 16.8. The Hall–Kier alpha value is -2.36. The molecule has 0 amide bonds. The molecule has 48 heavy (non-hydrogen) atoms. The van der Waals surface area contributed by atoms with Gasteiger partial charge in [-0.15, -0.1) is 37.2 Å². The summed E-state index contributed by atoms with van der Waals surface area (Å²) in [5.74, 6) is 1.25. The number of nitrogens with zero attached hydrogens (tertiary/aromatic N) is 4. The molecule has 5 rings (SSSR count). The van der Waals surface area contributed by atoms with Crippen LogP contribution < -0.4 is 4.74 Å². The number of hydrogen-bond acceptors (Lipinski definition) is 5. The second-order valence-electron chi connectivity index (χ2n) is 13.7. The van der Waals surface area contributed by atoms with Gasteiger partial charge in [-0.2, -0.15) is 5.10 Å². The van der Waals surface area contributed by atoms with E-state index in [0.717, 1.165) is 75.3 Å². The summed E-state index contributed by atoms with van der Waals surface area (Å²) >= 11 is 0. The smallest absolute Gasteiger partial charge is 0.320 e. The Labute approximate surface area is 304 Å². The third kappa shape index (κ3) is 10.3. The summed E-state index contributed by atoms with van der Waals surface area (Å²) in [6.07, 6.45) is 5.39. The van der Waals surface area contributed by atoms with E-state index in [-0.39, 0.29) is 55.0 Å². The summed E-state index contributed by atoms with van der Waals surface area (Å²) < 4.78 is 21.8. The number of carbonyl (C=O) groups is 1. The summed E-state index contributed by atoms with van der Waals surface area (Å²) in [4.78, 5) is 16.9. The maximum absolute atomic E-state index is 14.3. The molecular weight excluding hydrogens is 674 g/mol. The van der Waals surface area contributed by atoms with Gasteiger partial charge in [0, 0.05) is 37.2 Å². The minimum absolute atomic E-state index is 0. The van der Waals surface area contributed by atoms with Crippen molar-refractivity contribution < 1.29 is 19.0 Å². The van der Waals surface area contributed by atoms with Gasteiger partial charge in [0.15, 0.2) is 0 Å². The van der Waals surface area contributed by atoms with Gasteiger partial charge in [0.2, 0.25) is 0 Å². The normalized spacial score (nSPS) is 20.5. The van der Waals surface area contributed by atoms with E-state index in [4.69, 9.17) is 9.84 Å². The molecule has 2 heterocycles. The van der Waals surface area contributed by atoms with Crippen LogP contribution in [-0.4, -0.2) is 76.5 Å². The number of carboxylic acid groups (broad SMARTS) is 1. The van der Waals surface area contributed by atoms with Crippen molar-refractivity contribution in [1.82, 2.24) is 19.6 Å². The van der Waals surface area contributed by atoms with E-state index >= 15 is 0 Å². The van der Waals surface area contributed by atoms with Crippen LogP contribution in [0.3, 0.4) is 0 Å². The Bertz CT molecular complexity index is 1420. The number of benzene rings is 2. The number of aromatic nitrogens is 2. The second kappa shape index (κ2) is 19.1. The number of rotatable bonds is 13. The van der Waals surface area contributed by atoms with E-state index in [1.807, 2.05) is 31.3 Å². The summed E-state index contributed by atoms with van der Waals surface area (Å²) in [5.41, 5.74) is 4.71. The van der Waals surface area contributed by atoms with Gasteiger partial charge >= 0.3 is 5.97 Å². The number of halogens is 4. The number of hydrogen-bond donors (Lipinski definition) is 1. The topological polar surface area (TPSA) is 70.8 Å². The molecule has 2 fully saturated rings. The molecule has 1 N–H and O–H groups in total. The van der Waals surface area contributed by atoms with Gasteiger partial charge in [-0.3, -0.25) is 14.4 Å².